The standard InChI is InChI=1S/C15H23NO2/c1-4-13(5-2)11(3)16-10-12-7-6-8-14(9-12)15(17)18/h6-9,11,13,16H,4-5,10H2,1-3H3,(H,17,18). The van der Waals surface area contributed by atoms with Crippen LogP contribution in [0.2, 0.25) is 0 Å². The van der Waals surface area contributed by atoms with E-state index in [2.05, 4.69) is 26.1 Å². The Morgan fingerprint density at radius 1 is 1.33 bits per heavy atom. The molecule has 1 unspecified atom stereocenters. The predicted molar refractivity (Wildman–Crippen MR) is 73.8 cm³/mol. The highest BCUT2D eigenvalue weighted by Gasteiger charge is 2.12. The second-order valence-electron chi connectivity index (χ2n) is 4.75. The Morgan fingerprint density at radius 3 is 2.56 bits per heavy atom. The summed E-state index contributed by atoms with van der Waals surface area (Å²) >= 11 is 0. The van der Waals surface area contributed by atoms with Crippen molar-refractivity contribution < 1.29 is 9.90 Å². The van der Waals surface area contributed by atoms with Gasteiger partial charge in [-0.25, -0.2) is 4.79 Å². The second kappa shape index (κ2) is 7.17. The topological polar surface area (TPSA) is 49.3 Å². The van der Waals surface area contributed by atoms with Crippen molar-refractivity contribution in [2.24, 2.45) is 5.92 Å². The van der Waals surface area contributed by atoms with Crippen molar-refractivity contribution in [3.05, 3.63) is 35.4 Å². The van der Waals surface area contributed by atoms with Gasteiger partial charge in [0.1, 0.15) is 0 Å². The van der Waals surface area contributed by atoms with E-state index < -0.39 is 5.97 Å². The molecule has 1 aromatic rings. The zero-order chi connectivity index (χ0) is 13.5. The third-order valence-electron chi connectivity index (χ3n) is 3.56. The Balaban J connectivity index is 2.58. The summed E-state index contributed by atoms with van der Waals surface area (Å²) in [6.07, 6.45) is 2.33. The first-order chi connectivity index (χ1) is 8.58. The van der Waals surface area contributed by atoms with Crippen molar-refractivity contribution in [2.45, 2.75) is 46.2 Å². The molecule has 0 aliphatic heterocycles. The normalized spacial score (nSPS) is 12.7. The van der Waals surface area contributed by atoms with Crippen molar-refractivity contribution in [1.82, 2.24) is 5.32 Å². The van der Waals surface area contributed by atoms with Crippen LogP contribution in [0, 0.1) is 5.92 Å². The SMILES string of the molecule is CCC(CC)C(C)NCc1cccc(C(=O)O)c1. The van der Waals surface area contributed by atoms with Gasteiger partial charge in [-0.1, -0.05) is 38.8 Å². The lowest BCUT2D eigenvalue weighted by Gasteiger charge is -2.22. The van der Waals surface area contributed by atoms with Crippen molar-refractivity contribution in [3.8, 4) is 0 Å². The monoisotopic (exact) mass is 249 g/mol. The smallest absolute Gasteiger partial charge is 0.335 e. The maximum atomic E-state index is 10.9. The zero-order valence-corrected chi connectivity index (χ0v) is 11.4. The molecule has 1 aromatic carbocycles. The average Bonchev–Trinajstić information content (AvgIpc) is 2.38. The van der Waals surface area contributed by atoms with E-state index in [4.69, 9.17) is 5.11 Å². The highest BCUT2D eigenvalue weighted by Crippen LogP contribution is 2.13. The summed E-state index contributed by atoms with van der Waals surface area (Å²) < 4.78 is 0. The van der Waals surface area contributed by atoms with Gasteiger partial charge in [-0.05, 0) is 30.5 Å². The summed E-state index contributed by atoms with van der Waals surface area (Å²) in [6.45, 7) is 7.33. The maximum absolute atomic E-state index is 10.9. The van der Waals surface area contributed by atoms with E-state index >= 15 is 0 Å². The Kier molecular flexibility index (Phi) is 5.86. The van der Waals surface area contributed by atoms with Gasteiger partial charge in [-0.15, -0.1) is 0 Å². The summed E-state index contributed by atoms with van der Waals surface area (Å²) in [5.74, 6) is -0.197. The van der Waals surface area contributed by atoms with E-state index in [1.165, 1.54) is 12.8 Å². The largest absolute Gasteiger partial charge is 0.478 e. The molecule has 0 aromatic heterocycles. The van der Waals surface area contributed by atoms with E-state index in [1.54, 1.807) is 18.2 Å². The van der Waals surface area contributed by atoms with Gasteiger partial charge in [0.05, 0.1) is 5.56 Å². The number of benzene rings is 1. The van der Waals surface area contributed by atoms with Crippen molar-refractivity contribution in [2.75, 3.05) is 0 Å². The van der Waals surface area contributed by atoms with E-state index in [0.29, 0.717) is 17.5 Å². The van der Waals surface area contributed by atoms with Crippen molar-refractivity contribution in [1.29, 1.82) is 0 Å². The lowest BCUT2D eigenvalue weighted by Crippen LogP contribution is -2.32. The van der Waals surface area contributed by atoms with Gasteiger partial charge in [-0.2, -0.15) is 0 Å². The first kappa shape index (κ1) is 14.7. The molecule has 0 fully saturated rings. The molecule has 1 atom stereocenters. The molecule has 100 valence electrons. The number of hydrogen-bond acceptors (Lipinski definition) is 2. The Labute approximate surface area is 109 Å². The summed E-state index contributed by atoms with van der Waals surface area (Å²) in [5.41, 5.74) is 1.37. The highest BCUT2D eigenvalue weighted by atomic mass is 16.4. The van der Waals surface area contributed by atoms with E-state index in [-0.39, 0.29) is 0 Å². The van der Waals surface area contributed by atoms with Crippen LogP contribution in [0.5, 0.6) is 0 Å². The molecule has 0 heterocycles. The number of hydrogen-bond donors (Lipinski definition) is 2. The minimum atomic E-state index is -0.870. The molecule has 0 bridgehead atoms. The van der Waals surface area contributed by atoms with Crippen LogP contribution >= 0.6 is 0 Å². The minimum Gasteiger partial charge on any atom is -0.478 e. The molecule has 0 aliphatic carbocycles. The molecule has 0 saturated carbocycles. The third kappa shape index (κ3) is 4.15. The van der Waals surface area contributed by atoms with Gasteiger partial charge >= 0.3 is 5.97 Å². The van der Waals surface area contributed by atoms with Crippen LogP contribution in [0.4, 0.5) is 0 Å². The van der Waals surface area contributed by atoms with Crippen LogP contribution in [0.25, 0.3) is 0 Å². The molecule has 3 heteroatoms. The van der Waals surface area contributed by atoms with E-state index in [0.717, 1.165) is 12.1 Å². The first-order valence-corrected chi connectivity index (χ1v) is 6.64. The summed E-state index contributed by atoms with van der Waals surface area (Å²) in [5, 5.41) is 12.4. The number of carboxylic acids is 1. The molecule has 2 N–H and O–H groups in total. The number of carbonyl (C=O) groups is 1. The molecular weight excluding hydrogens is 226 g/mol. The van der Waals surface area contributed by atoms with Crippen LogP contribution in [0.3, 0.4) is 0 Å². The number of rotatable bonds is 7. The first-order valence-electron chi connectivity index (χ1n) is 6.64. The van der Waals surface area contributed by atoms with Crippen LogP contribution in [0.1, 0.15) is 49.5 Å². The Morgan fingerprint density at radius 2 is 2.00 bits per heavy atom. The number of nitrogens with one attached hydrogen (secondary N) is 1. The summed E-state index contributed by atoms with van der Waals surface area (Å²) in [6, 6.07) is 7.56. The molecule has 3 nitrogen and oxygen atoms in total. The molecule has 0 radical (unpaired) electrons. The molecule has 0 aliphatic rings. The van der Waals surface area contributed by atoms with Crippen LogP contribution in [-0.2, 0) is 6.54 Å². The molecule has 18 heavy (non-hydrogen) atoms. The number of carboxylic acid groups (broad SMARTS) is 1. The molecule has 1 rings (SSSR count). The zero-order valence-electron chi connectivity index (χ0n) is 11.4. The molecule has 0 spiro atoms. The average molecular weight is 249 g/mol. The van der Waals surface area contributed by atoms with E-state index in [1.807, 2.05) is 6.07 Å². The van der Waals surface area contributed by atoms with Crippen molar-refractivity contribution in [3.63, 3.8) is 0 Å². The summed E-state index contributed by atoms with van der Waals surface area (Å²) in [7, 11) is 0. The molecular formula is C15H23NO2. The fourth-order valence-corrected chi connectivity index (χ4v) is 2.26. The van der Waals surface area contributed by atoms with Gasteiger partial charge in [0.2, 0.25) is 0 Å². The summed E-state index contributed by atoms with van der Waals surface area (Å²) in [4.78, 5) is 10.9. The van der Waals surface area contributed by atoms with Crippen LogP contribution in [-0.4, -0.2) is 17.1 Å². The maximum Gasteiger partial charge on any atom is 0.335 e. The van der Waals surface area contributed by atoms with Crippen LogP contribution in [0.15, 0.2) is 24.3 Å². The van der Waals surface area contributed by atoms with Crippen LogP contribution < -0.4 is 5.32 Å². The number of aromatic carboxylic acids is 1. The quantitative estimate of drug-likeness (QED) is 0.779. The third-order valence-corrected chi connectivity index (χ3v) is 3.56. The highest BCUT2D eigenvalue weighted by molar-refractivity contribution is 5.87. The fraction of sp³-hybridized carbons (Fsp3) is 0.533. The lowest BCUT2D eigenvalue weighted by atomic mass is 9.95. The predicted octanol–water partition coefficient (Wildman–Crippen LogP) is 3.30. The lowest BCUT2D eigenvalue weighted by molar-refractivity contribution is 0.0696. The van der Waals surface area contributed by atoms with E-state index in [9.17, 15) is 4.79 Å². The van der Waals surface area contributed by atoms with Crippen molar-refractivity contribution >= 4 is 5.97 Å². The van der Waals surface area contributed by atoms with Gasteiger partial charge in [0.15, 0.2) is 0 Å². The Bertz CT molecular complexity index is 386. The fourth-order valence-electron chi connectivity index (χ4n) is 2.26. The molecule has 0 amide bonds. The van der Waals surface area contributed by atoms with Gasteiger partial charge in [0, 0.05) is 12.6 Å². The molecule has 0 saturated heterocycles. The minimum absolute atomic E-state index is 0.351. The van der Waals surface area contributed by atoms with Gasteiger partial charge in [0.25, 0.3) is 0 Å². The second-order valence-corrected chi connectivity index (χ2v) is 4.75. The van der Waals surface area contributed by atoms with Gasteiger partial charge < -0.3 is 10.4 Å². The Hall–Kier alpha value is -1.35. The van der Waals surface area contributed by atoms with Gasteiger partial charge in [-0.3, -0.25) is 0 Å².